The van der Waals surface area contributed by atoms with E-state index >= 15 is 0 Å². The Kier molecular flexibility index (Phi) is 7.19. The molecule has 1 fully saturated rings. The largest absolute Gasteiger partial charge is 0.593 e. The number of benzene rings is 2. The maximum absolute atomic E-state index is 13.0. The van der Waals surface area contributed by atoms with Gasteiger partial charge in [0.1, 0.15) is 0 Å². The van der Waals surface area contributed by atoms with Crippen LogP contribution in [0, 0.1) is 0 Å². The van der Waals surface area contributed by atoms with Gasteiger partial charge in [-0.15, -0.1) is 4.31 Å². The molecular weight excluding hydrogens is 449 g/mol. The predicted molar refractivity (Wildman–Crippen MR) is 123 cm³/mol. The molecule has 1 aliphatic heterocycles. The Morgan fingerprint density at radius 3 is 2.36 bits per heavy atom. The molecule has 1 N–H and O–H groups in total. The number of nitrogens with zero attached hydrogens (tertiary/aromatic N) is 2. The Hall–Kier alpha value is -2.26. The molecule has 3 aromatic rings. The number of rotatable bonds is 7. The van der Waals surface area contributed by atoms with E-state index in [2.05, 4.69) is 0 Å². The highest BCUT2D eigenvalue weighted by atomic mass is 32.2. The number of aryl methyl sites for hydroxylation is 1. The van der Waals surface area contributed by atoms with Crippen LogP contribution in [0.4, 0.5) is 13.2 Å². The first-order valence-corrected chi connectivity index (χ1v) is 12.2. The molecule has 8 heteroatoms. The fourth-order valence-electron chi connectivity index (χ4n) is 4.16. The molecule has 0 saturated carbocycles. The van der Waals surface area contributed by atoms with Crippen molar-refractivity contribution >= 4 is 11.4 Å². The normalized spacial score (nSPS) is 16.8. The fraction of sp³-hybridized carbons (Fsp3) is 0.360. The highest BCUT2D eigenvalue weighted by Crippen LogP contribution is 2.32. The van der Waals surface area contributed by atoms with E-state index in [4.69, 9.17) is 0 Å². The molecule has 4 rings (SSSR count). The van der Waals surface area contributed by atoms with Crippen LogP contribution < -0.4 is 0 Å². The number of aromatic nitrogens is 1. The Morgan fingerprint density at radius 1 is 1.03 bits per heavy atom. The Balaban J connectivity index is 1.48. The molecule has 0 aliphatic carbocycles. The second-order valence-electron chi connectivity index (χ2n) is 8.27. The monoisotopic (exact) mass is 476 g/mol. The maximum Gasteiger partial charge on any atom is 0.416 e. The first kappa shape index (κ1) is 23.9. The highest BCUT2D eigenvalue weighted by molar-refractivity contribution is 7.89. The van der Waals surface area contributed by atoms with Gasteiger partial charge in [0, 0.05) is 24.8 Å². The molecule has 0 amide bonds. The molecular formula is C25H27F3N2O2S. The van der Waals surface area contributed by atoms with Crippen LogP contribution in [-0.2, 0) is 30.5 Å². The summed E-state index contributed by atoms with van der Waals surface area (Å²) in [6.45, 7) is 3.99. The third-order valence-electron chi connectivity index (χ3n) is 6.01. The SMILES string of the molecule is CCc1cc([S@+]([O-])N2CCCC2)cn1CC(O)c1ccc(-c2cccc(C(F)(F)F)c2)cc1. The molecule has 0 bridgehead atoms. The summed E-state index contributed by atoms with van der Waals surface area (Å²) in [6.07, 6.45) is -0.473. The van der Waals surface area contributed by atoms with Crippen molar-refractivity contribution in [3.63, 3.8) is 0 Å². The van der Waals surface area contributed by atoms with E-state index in [0.717, 1.165) is 55.1 Å². The molecule has 1 aliphatic rings. The first-order chi connectivity index (χ1) is 15.8. The molecule has 0 spiro atoms. The number of hydrogen-bond acceptors (Lipinski definition) is 3. The van der Waals surface area contributed by atoms with Crippen molar-refractivity contribution in [3.8, 4) is 11.1 Å². The lowest BCUT2D eigenvalue weighted by atomic mass is 10.00. The van der Waals surface area contributed by atoms with Crippen molar-refractivity contribution in [3.05, 3.63) is 77.6 Å². The summed E-state index contributed by atoms with van der Waals surface area (Å²) >= 11 is -1.19. The summed E-state index contributed by atoms with van der Waals surface area (Å²) in [5, 5.41) is 10.8. The van der Waals surface area contributed by atoms with Gasteiger partial charge in [-0.2, -0.15) is 13.2 Å². The summed E-state index contributed by atoms with van der Waals surface area (Å²) in [6, 6.07) is 14.1. The lowest BCUT2D eigenvalue weighted by Gasteiger charge is -2.17. The Morgan fingerprint density at radius 2 is 1.73 bits per heavy atom. The van der Waals surface area contributed by atoms with E-state index < -0.39 is 29.2 Å². The smallest absolute Gasteiger partial charge is 0.416 e. The van der Waals surface area contributed by atoms with Gasteiger partial charge in [0.2, 0.25) is 0 Å². The average Bonchev–Trinajstić information content (AvgIpc) is 3.48. The van der Waals surface area contributed by atoms with Crippen molar-refractivity contribution in [1.82, 2.24) is 8.87 Å². The van der Waals surface area contributed by atoms with Crippen LogP contribution in [0.1, 0.15) is 42.7 Å². The van der Waals surface area contributed by atoms with Gasteiger partial charge in [-0.3, -0.25) is 0 Å². The molecule has 2 atom stereocenters. The highest BCUT2D eigenvalue weighted by Gasteiger charge is 2.30. The topological polar surface area (TPSA) is 51.5 Å². The molecule has 1 saturated heterocycles. The van der Waals surface area contributed by atoms with Crippen LogP contribution in [0.2, 0.25) is 0 Å². The molecule has 1 aromatic heterocycles. The van der Waals surface area contributed by atoms with Crippen molar-refractivity contribution in [2.75, 3.05) is 13.1 Å². The molecule has 4 nitrogen and oxygen atoms in total. The average molecular weight is 477 g/mol. The van der Waals surface area contributed by atoms with Gasteiger partial charge >= 0.3 is 6.18 Å². The number of alkyl halides is 3. The molecule has 2 heterocycles. The van der Waals surface area contributed by atoms with E-state index in [1.54, 1.807) is 30.3 Å². The standard InChI is InChI=1S/C25H27F3N2O2S/c1-2-22-15-23(33(32)30-12-3-4-13-30)16-29(22)17-24(31)19-10-8-18(9-11-19)20-6-5-7-21(14-20)25(26,27)28/h5-11,14-16,24,31H,2-4,12-13,17H2,1H3/t24?,33-/m0/s1. The zero-order valence-electron chi connectivity index (χ0n) is 18.4. The van der Waals surface area contributed by atoms with E-state index in [9.17, 15) is 22.8 Å². The minimum atomic E-state index is -4.39. The van der Waals surface area contributed by atoms with Crippen LogP contribution in [-0.4, -0.2) is 31.6 Å². The minimum Gasteiger partial charge on any atom is -0.593 e. The lowest BCUT2D eigenvalue weighted by molar-refractivity contribution is -0.137. The summed E-state index contributed by atoms with van der Waals surface area (Å²) < 4.78 is 55.8. The summed E-state index contributed by atoms with van der Waals surface area (Å²) in [7, 11) is 0. The van der Waals surface area contributed by atoms with Gasteiger partial charge in [-0.05, 0) is 48.1 Å². The van der Waals surface area contributed by atoms with Gasteiger partial charge in [-0.1, -0.05) is 43.3 Å². The number of aliphatic hydroxyl groups is 1. The zero-order valence-corrected chi connectivity index (χ0v) is 19.2. The van der Waals surface area contributed by atoms with E-state index in [-0.39, 0.29) is 0 Å². The van der Waals surface area contributed by atoms with E-state index in [0.29, 0.717) is 23.2 Å². The van der Waals surface area contributed by atoms with Crippen molar-refractivity contribution in [2.24, 2.45) is 0 Å². The number of halogens is 3. The van der Waals surface area contributed by atoms with Crippen LogP contribution in [0.5, 0.6) is 0 Å². The maximum atomic E-state index is 13.0. The second kappa shape index (κ2) is 9.93. The van der Waals surface area contributed by atoms with Crippen LogP contribution in [0.3, 0.4) is 0 Å². The molecule has 176 valence electrons. The number of hydrogen-bond donors (Lipinski definition) is 1. The third-order valence-corrected chi connectivity index (χ3v) is 7.47. The summed E-state index contributed by atoms with van der Waals surface area (Å²) in [4.78, 5) is 0.751. The van der Waals surface area contributed by atoms with Crippen LogP contribution in [0.25, 0.3) is 11.1 Å². The lowest BCUT2D eigenvalue weighted by Crippen LogP contribution is -2.27. The molecule has 1 unspecified atom stereocenters. The van der Waals surface area contributed by atoms with Gasteiger partial charge < -0.3 is 14.2 Å². The molecule has 2 aromatic carbocycles. The minimum absolute atomic E-state index is 0.309. The van der Waals surface area contributed by atoms with Crippen molar-refractivity contribution < 1.29 is 22.8 Å². The Labute approximate surface area is 195 Å². The number of aliphatic hydroxyl groups excluding tert-OH is 1. The van der Waals surface area contributed by atoms with E-state index in [1.165, 1.54) is 6.07 Å². The molecule has 0 radical (unpaired) electrons. The first-order valence-electron chi connectivity index (χ1n) is 11.1. The van der Waals surface area contributed by atoms with Crippen molar-refractivity contribution in [2.45, 2.75) is 49.9 Å². The van der Waals surface area contributed by atoms with Gasteiger partial charge in [-0.25, -0.2) is 0 Å². The van der Waals surface area contributed by atoms with Crippen LogP contribution >= 0.6 is 0 Å². The van der Waals surface area contributed by atoms with Crippen LogP contribution in [0.15, 0.2) is 65.7 Å². The van der Waals surface area contributed by atoms with Crippen molar-refractivity contribution in [1.29, 1.82) is 0 Å². The van der Waals surface area contributed by atoms with Gasteiger partial charge in [0.15, 0.2) is 4.90 Å². The fourth-order valence-corrected chi connectivity index (χ4v) is 5.50. The predicted octanol–water partition coefficient (Wildman–Crippen LogP) is 5.59. The molecule has 33 heavy (non-hydrogen) atoms. The second-order valence-corrected chi connectivity index (χ2v) is 9.76. The summed E-state index contributed by atoms with van der Waals surface area (Å²) in [5.74, 6) is 0. The summed E-state index contributed by atoms with van der Waals surface area (Å²) in [5.41, 5.74) is 2.10. The quantitative estimate of drug-likeness (QED) is 0.453. The van der Waals surface area contributed by atoms with Gasteiger partial charge in [0.25, 0.3) is 0 Å². The zero-order chi connectivity index (χ0) is 23.6. The van der Waals surface area contributed by atoms with Gasteiger partial charge in [0.05, 0.1) is 35.8 Å². The van der Waals surface area contributed by atoms with E-state index in [1.807, 2.05) is 28.1 Å². The third kappa shape index (κ3) is 5.46. The Bertz CT molecular complexity index is 1080.